The zero-order valence-corrected chi connectivity index (χ0v) is 11.3. The second kappa shape index (κ2) is 9.19. The van der Waals surface area contributed by atoms with Crippen LogP contribution in [-0.2, 0) is 18.6 Å². The fourth-order valence-electron chi connectivity index (χ4n) is 0.707. The van der Waals surface area contributed by atoms with Gasteiger partial charge in [0.05, 0.1) is 0 Å². The molecule has 0 aromatic rings. The van der Waals surface area contributed by atoms with Gasteiger partial charge in [-0.05, 0) is 10.6 Å². The molecule has 2 N–H and O–H groups in total. The summed E-state index contributed by atoms with van der Waals surface area (Å²) in [7, 11) is 1.19. The van der Waals surface area contributed by atoms with Crippen LogP contribution in [0.5, 0.6) is 0 Å². The van der Waals surface area contributed by atoms with Crippen LogP contribution in [0.25, 0.3) is 0 Å². The zero-order valence-electron chi connectivity index (χ0n) is 10.4. The van der Waals surface area contributed by atoms with E-state index in [9.17, 15) is 4.57 Å². The fourth-order valence-corrected chi connectivity index (χ4v) is 1.38. The smallest absolute Gasteiger partial charge is 0.328 e. The number of nitrogens with two attached hydrogens (primary N) is 1. The molecule has 6 heteroatoms. The molecule has 1 atom stereocenters. The first-order chi connectivity index (χ1) is 6.83. The molecule has 0 radical (unpaired) electrons. The van der Waals surface area contributed by atoms with E-state index < -0.39 is 14.0 Å². The monoisotopic (exact) mass is 240 g/mol. The molecule has 0 heterocycles. The Balaban J connectivity index is 0. The van der Waals surface area contributed by atoms with Gasteiger partial charge in [0.2, 0.25) is 0 Å². The van der Waals surface area contributed by atoms with E-state index >= 15 is 0 Å². The maximum atomic E-state index is 10.7. The van der Waals surface area contributed by atoms with Crippen molar-refractivity contribution in [2.45, 2.75) is 39.2 Å². The van der Waals surface area contributed by atoms with Crippen molar-refractivity contribution >= 4 is 8.03 Å². The molecule has 0 amide bonds. The molecular weight excluding hydrogens is 217 g/mol. The number of ether oxygens (including phenoxy) is 2. The summed E-state index contributed by atoms with van der Waals surface area (Å²) in [5, 5.41) is 0. The summed E-state index contributed by atoms with van der Waals surface area (Å²) in [5.74, 6) is -1.14. The molecule has 92 valence electrons. The van der Waals surface area contributed by atoms with Gasteiger partial charge in [0, 0.05) is 20.6 Å². The van der Waals surface area contributed by atoms with E-state index in [4.69, 9.17) is 19.7 Å². The van der Waals surface area contributed by atoms with Crippen molar-refractivity contribution < 1.29 is 18.6 Å². The second-order valence-electron chi connectivity index (χ2n) is 3.22. The van der Waals surface area contributed by atoms with E-state index in [-0.39, 0.29) is 0 Å². The molecule has 5 nitrogen and oxygen atoms in total. The highest BCUT2D eigenvalue weighted by Crippen LogP contribution is 2.30. The zero-order chi connectivity index (χ0) is 12.5. The Hall–Kier alpha value is -0.0600. The third kappa shape index (κ3) is 10.2. The Morgan fingerprint density at radius 2 is 1.67 bits per heavy atom. The highest BCUT2D eigenvalue weighted by atomic mass is 31.1. The molecular formula is C9H23NO4P+. The van der Waals surface area contributed by atoms with Gasteiger partial charge in [0.1, 0.15) is 0 Å². The Morgan fingerprint density at radius 3 is 1.73 bits per heavy atom. The standard InChI is InChI=1S/C6H14O4P.C3H9N/c1-5-6(8-2,9-3)10-11(4)7;1-3(2)4/h5H2,1-4H3;3H,4H2,1-2H3/q+1;. The van der Waals surface area contributed by atoms with Crippen LogP contribution in [0.15, 0.2) is 0 Å². The van der Waals surface area contributed by atoms with E-state index in [1.807, 2.05) is 20.8 Å². The van der Waals surface area contributed by atoms with E-state index in [0.717, 1.165) is 0 Å². The van der Waals surface area contributed by atoms with Crippen LogP contribution in [-0.4, -0.2) is 32.9 Å². The highest BCUT2D eigenvalue weighted by Gasteiger charge is 2.37. The third-order valence-electron chi connectivity index (χ3n) is 1.32. The van der Waals surface area contributed by atoms with E-state index in [1.54, 1.807) is 0 Å². The van der Waals surface area contributed by atoms with E-state index in [2.05, 4.69) is 0 Å². The minimum Gasteiger partial charge on any atom is -0.328 e. The maximum absolute atomic E-state index is 10.7. The average molecular weight is 240 g/mol. The van der Waals surface area contributed by atoms with Crippen LogP contribution in [0.4, 0.5) is 0 Å². The highest BCUT2D eigenvalue weighted by molar-refractivity contribution is 7.38. The van der Waals surface area contributed by atoms with Gasteiger partial charge in [-0.15, -0.1) is 0 Å². The summed E-state index contributed by atoms with van der Waals surface area (Å²) < 4.78 is 25.5. The van der Waals surface area contributed by atoms with Crippen molar-refractivity contribution in [1.29, 1.82) is 0 Å². The van der Waals surface area contributed by atoms with Gasteiger partial charge >= 0.3 is 14.0 Å². The molecule has 15 heavy (non-hydrogen) atoms. The van der Waals surface area contributed by atoms with Gasteiger partial charge in [-0.25, -0.2) is 0 Å². The van der Waals surface area contributed by atoms with Gasteiger partial charge in [0.25, 0.3) is 0 Å². The Labute approximate surface area is 93.1 Å². The molecule has 0 aromatic carbocycles. The number of hydrogen-bond acceptors (Lipinski definition) is 5. The van der Waals surface area contributed by atoms with E-state index in [0.29, 0.717) is 12.5 Å². The molecule has 0 aliphatic carbocycles. The SMILES string of the molecule is CC(C)N.CCC(OC)(OC)O[P+](C)=O. The third-order valence-corrected chi connectivity index (χ3v) is 1.86. The first-order valence-corrected chi connectivity index (χ1v) is 6.41. The maximum Gasteiger partial charge on any atom is 0.510 e. The molecule has 0 aliphatic heterocycles. The van der Waals surface area contributed by atoms with Crippen molar-refractivity contribution in [2.75, 3.05) is 20.9 Å². The van der Waals surface area contributed by atoms with Crippen LogP contribution in [0.3, 0.4) is 0 Å². The Kier molecular flexibility index (Phi) is 10.6. The molecule has 0 saturated carbocycles. The van der Waals surface area contributed by atoms with Crippen LogP contribution in [0.2, 0.25) is 0 Å². The van der Waals surface area contributed by atoms with Gasteiger partial charge in [-0.1, -0.05) is 25.3 Å². The van der Waals surface area contributed by atoms with Crippen LogP contribution >= 0.6 is 8.03 Å². The predicted octanol–water partition coefficient (Wildman–Crippen LogP) is 2.09. The minimum atomic E-state index is -1.71. The molecule has 0 aromatic heterocycles. The fraction of sp³-hybridized carbons (Fsp3) is 1.00. The normalized spacial score (nSPS) is 12.1. The van der Waals surface area contributed by atoms with Crippen molar-refractivity contribution in [3.63, 3.8) is 0 Å². The quantitative estimate of drug-likeness (QED) is 0.588. The molecule has 0 bridgehead atoms. The number of rotatable bonds is 5. The summed E-state index contributed by atoms with van der Waals surface area (Å²) in [6.07, 6.45) is 0.495. The number of methoxy groups -OCH3 is 2. The van der Waals surface area contributed by atoms with Crippen LogP contribution < -0.4 is 5.73 Å². The molecule has 0 rings (SSSR count). The van der Waals surface area contributed by atoms with Crippen LogP contribution in [0.1, 0.15) is 27.2 Å². The summed E-state index contributed by atoms with van der Waals surface area (Å²) in [6.45, 7) is 7.17. The summed E-state index contributed by atoms with van der Waals surface area (Å²) in [4.78, 5) is 0. The molecule has 0 saturated heterocycles. The van der Waals surface area contributed by atoms with Crippen molar-refractivity contribution in [1.82, 2.24) is 0 Å². The first kappa shape index (κ1) is 17.3. The van der Waals surface area contributed by atoms with Gasteiger partial charge in [-0.3, -0.25) is 0 Å². The second-order valence-corrected chi connectivity index (χ2v) is 4.28. The Morgan fingerprint density at radius 1 is 1.33 bits per heavy atom. The van der Waals surface area contributed by atoms with Crippen molar-refractivity contribution in [2.24, 2.45) is 5.73 Å². The van der Waals surface area contributed by atoms with Gasteiger partial charge < -0.3 is 15.2 Å². The summed E-state index contributed by atoms with van der Waals surface area (Å²) in [6, 6.07) is 0.333. The van der Waals surface area contributed by atoms with E-state index in [1.165, 1.54) is 20.9 Å². The topological polar surface area (TPSA) is 70.8 Å². The van der Waals surface area contributed by atoms with Crippen molar-refractivity contribution in [3.8, 4) is 0 Å². The number of hydrogen-bond donors (Lipinski definition) is 1. The lowest BCUT2D eigenvalue weighted by molar-refractivity contribution is -0.320. The average Bonchev–Trinajstić information content (AvgIpc) is 2.13. The van der Waals surface area contributed by atoms with Crippen molar-refractivity contribution in [3.05, 3.63) is 0 Å². The summed E-state index contributed by atoms with van der Waals surface area (Å²) in [5.41, 5.74) is 5.11. The molecule has 0 aliphatic rings. The largest absolute Gasteiger partial charge is 0.510 e. The lowest BCUT2D eigenvalue weighted by Gasteiger charge is -2.22. The molecule has 0 spiro atoms. The predicted molar refractivity (Wildman–Crippen MR) is 61.0 cm³/mol. The summed E-state index contributed by atoms with van der Waals surface area (Å²) >= 11 is 0. The molecule has 1 unspecified atom stereocenters. The lowest BCUT2D eigenvalue weighted by Crippen LogP contribution is -2.33. The Bertz CT molecular complexity index is 160. The van der Waals surface area contributed by atoms with Gasteiger partial charge in [0.15, 0.2) is 6.66 Å². The first-order valence-electron chi connectivity index (χ1n) is 4.79. The lowest BCUT2D eigenvalue weighted by atomic mass is 10.4. The minimum absolute atomic E-state index is 0.333. The van der Waals surface area contributed by atoms with Gasteiger partial charge in [-0.2, -0.15) is 0 Å². The molecule has 0 fully saturated rings. The van der Waals surface area contributed by atoms with Crippen LogP contribution in [0, 0.1) is 0 Å².